The molecule has 1 aliphatic heterocycles. The number of nitro benzene ring substituents is 1. The number of methoxy groups -OCH3 is 1. The number of alkyl halides is 1. The highest BCUT2D eigenvalue weighted by atomic mass is 19.1. The van der Waals surface area contributed by atoms with Crippen LogP contribution in [0.2, 0.25) is 0 Å². The van der Waals surface area contributed by atoms with Crippen molar-refractivity contribution in [3.63, 3.8) is 0 Å². The van der Waals surface area contributed by atoms with Crippen molar-refractivity contribution in [2.45, 2.75) is 12.8 Å². The van der Waals surface area contributed by atoms with Crippen LogP contribution in [0.4, 0.5) is 10.1 Å². The van der Waals surface area contributed by atoms with Crippen molar-refractivity contribution in [1.82, 2.24) is 14.5 Å². The van der Waals surface area contributed by atoms with Gasteiger partial charge in [0.25, 0.3) is 11.2 Å². The van der Waals surface area contributed by atoms with Gasteiger partial charge < -0.3 is 9.47 Å². The van der Waals surface area contributed by atoms with E-state index in [1.807, 2.05) is 0 Å². The van der Waals surface area contributed by atoms with E-state index in [-0.39, 0.29) is 35.6 Å². The molecule has 0 N–H and O–H groups in total. The molecule has 0 bridgehead atoms. The number of hydrogen-bond acceptors (Lipinski definition) is 7. The molecule has 0 saturated carbocycles. The molecule has 1 saturated heterocycles. The van der Waals surface area contributed by atoms with Crippen molar-refractivity contribution < 1.29 is 18.8 Å². The van der Waals surface area contributed by atoms with Crippen molar-refractivity contribution in [3.8, 4) is 0 Å². The summed E-state index contributed by atoms with van der Waals surface area (Å²) in [6.45, 7) is 1.87. The van der Waals surface area contributed by atoms with Crippen LogP contribution in [-0.4, -0.2) is 59.4 Å². The number of rotatable bonds is 6. The summed E-state index contributed by atoms with van der Waals surface area (Å²) in [4.78, 5) is 29.1. The summed E-state index contributed by atoms with van der Waals surface area (Å²) in [5.41, 5.74) is -0.519. The fraction of sp³-hybridized carbons (Fsp3) is 0.500. The van der Waals surface area contributed by atoms with Gasteiger partial charge in [-0.1, -0.05) is 0 Å². The first-order chi connectivity index (χ1) is 12.5. The van der Waals surface area contributed by atoms with Crippen molar-refractivity contribution in [1.29, 1.82) is 0 Å². The number of nitrogens with zero attached hydrogens (tertiary/aromatic N) is 4. The van der Waals surface area contributed by atoms with Gasteiger partial charge in [0, 0.05) is 32.3 Å². The van der Waals surface area contributed by atoms with E-state index in [9.17, 15) is 14.9 Å². The zero-order chi connectivity index (χ0) is 18.7. The van der Waals surface area contributed by atoms with Gasteiger partial charge >= 0.3 is 0 Å². The predicted octanol–water partition coefficient (Wildman–Crippen LogP) is 1.25. The molecule has 1 unspecified atom stereocenters. The number of benzene rings is 1. The van der Waals surface area contributed by atoms with Crippen LogP contribution in [0.15, 0.2) is 23.0 Å². The lowest BCUT2D eigenvalue weighted by Gasteiger charge is -2.30. The molecule has 0 amide bonds. The number of morpholine rings is 1. The molecule has 26 heavy (non-hydrogen) atoms. The highest BCUT2D eigenvalue weighted by molar-refractivity contribution is 5.80. The van der Waals surface area contributed by atoms with Crippen LogP contribution >= 0.6 is 0 Å². The number of non-ortho nitro benzene ring substituents is 1. The second kappa shape index (κ2) is 7.85. The topological polar surface area (TPSA) is 99.7 Å². The molecule has 1 aromatic heterocycles. The summed E-state index contributed by atoms with van der Waals surface area (Å²) in [5, 5.41) is 11.0. The second-order valence-corrected chi connectivity index (χ2v) is 5.86. The SMILES string of the molecule is COCCn1c(C(F)N2CCOCC2)nc2ccc([N+](=O)[O-])cc2c1=O. The predicted molar refractivity (Wildman–Crippen MR) is 90.8 cm³/mol. The van der Waals surface area contributed by atoms with Crippen molar-refractivity contribution in [2.24, 2.45) is 0 Å². The Balaban J connectivity index is 2.12. The number of nitro groups is 1. The van der Waals surface area contributed by atoms with E-state index in [0.717, 1.165) is 0 Å². The molecule has 10 heteroatoms. The molecule has 9 nitrogen and oxygen atoms in total. The molecule has 3 rings (SSSR count). The molecular weight excluding hydrogens is 347 g/mol. The van der Waals surface area contributed by atoms with E-state index >= 15 is 4.39 Å². The number of halogens is 1. The van der Waals surface area contributed by atoms with Gasteiger partial charge in [0.1, 0.15) is 0 Å². The maximum absolute atomic E-state index is 15.1. The van der Waals surface area contributed by atoms with Gasteiger partial charge in [0.2, 0.25) is 6.30 Å². The fourth-order valence-corrected chi connectivity index (χ4v) is 2.89. The van der Waals surface area contributed by atoms with Gasteiger partial charge in [0.05, 0.1) is 42.2 Å². The minimum Gasteiger partial charge on any atom is -0.383 e. The first kappa shape index (κ1) is 18.4. The van der Waals surface area contributed by atoms with Crippen molar-refractivity contribution in [2.75, 3.05) is 40.0 Å². The third kappa shape index (κ3) is 3.57. The summed E-state index contributed by atoms with van der Waals surface area (Å²) in [5.74, 6) is -0.0321. The van der Waals surface area contributed by atoms with Gasteiger partial charge in [-0.05, 0) is 6.07 Å². The first-order valence-corrected chi connectivity index (χ1v) is 8.16. The number of hydrogen-bond donors (Lipinski definition) is 0. The monoisotopic (exact) mass is 366 g/mol. The number of aromatic nitrogens is 2. The zero-order valence-electron chi connectivity index (χ0n) is 14.3. The van der Waals surface area contributed by atoms with Gasteiger partial charge in [0.15, 0.2) is 5.82 Å². The summed E-state index contributed by atoms with van der Waals surface area (Å²) in [6.07, 6.45) is -1.58. The molecule has 1 aromatic carbocycles. The number of ether oxygens (including phenoxy) is 2. The molecule has 0 radical (unpaired) electrons. The molecule has 0 aliphatic carbocycles. The minimum absolute atomic E-state index is 0.0321. The Labute approximate surface area is 148 Å². The lowest BCUT2D eigenvalue weighted by Crippen LogP contribution is -2.40. The lowest BCUT2D eigenvalue weighted by atomic mass is 10.2. The summed E-state index contributed by atoms with van der Waals surface area (Å²) in [6, 6.07) is 3.78. The van der Waals surface area contributed by atoms with Crippen LogP contribution in [0.25, 0.3) is 10.9 Å². The maximum Gasteiger partial charge on any atom is 0.270 e. The molecule has 1 atom stereocenters. The summed E-state index contributed by atoms with van der Waals surface area (Å²) in [7, 11) is 1.47. The highest BCUT2D eigenvalue weighted by Gasteiger charge is 2.27. The molecule has 2 aromatic rings. The van der Waals surface area contributed by atoms with E-state index in [2.05, 4.69) is 4.98 Å². The van der Waals surface area contributed by atoms with Crippen LogP contribution in [-0.2, 0) is 16.0 Å². The van der Waals surface area contributed by atoms with E-state index in [1.165, 1.54) is 29.9 Å². The largest absolute Gasteiger partial charge is 0.383 e. The molecular formula is C16H19FN4O5. The summed E-state index contributed by atoms with van der Waals surface area (Å²) >= 11 is 0. The minimum atomic E-state index is -1.58. The Bertz CT molecular complexity index is 866. The van der Waals surface area contributed by atoms with E-state index in [4.69, 9.17) is 9.47 Å². The van der Waals surface area contributed by atoms with Gasteiger partial charge in [-0.3, -0.25) is 24.4 Å². The van der Waals surface area contributed by atoms with Crippen molar-refractivity contribution in [3.05, 3.63) is 44.5 Å². The van der Waals surface area contributed by atoms with Gasteiger partial charge in [-0.2, -0.15) is 0 Å². The second-order valence-electron chi connectivity index (χ2n) is 5.86. The van der Waals surface area contributed by atoms with Crippen LogP contribution < -0.4 is 5.56 Å². The van der Waals surface area contributed by atoms with Crippen LogP contribution in [0.3, 0.4) is 0 Å². The van der Waals surface area contributed by atoms with Crippen molar-refractivity contribution >= 4 is 16.6 Å². The Kier molecular flexibility index (Phi) is 5.55. The van der Waals surface area contributed by atoms with Gasteiger partial charge in [-0.25, -0.2) is 9.37 Å². The number of fused-ring (bicyclic) bond motifs is 1. The highest BCUT2D eigenvalue weighted by Crippen LogP contribution is 2.24. The van der Waals surface area contributed by atoms with E-state index < -0.39 is 16.8 Å². The Morgan fingerprint density at radius 1 is 1.42 bits per heavy atom. The van der Waals surface area contributed by atoms with Gasteiger partial charge in [-0.15, -0.1) is 0 Å². The lowest BCUT2D eigenvalue weighted by molar-refractivity contribution is -0.384. The third-order valence-corrected chi connectivity index (χ3v) is 4.28. The maximum atomic E-state index is 15.1. The smallest absolute Gasteiger partial charge is 0.270 e. The fourth-order valence-electron chi connectivity index (χ4n) is 2.89. The normalized spacial score (nSPS) is 16.7. The third-order valence-electron chi connectivity index (χ3n) is 4.28. The van der Waals surface area contributed by atoms with Crippen LogP contribution in [0.1, 0.15) is 12.1 Å². The molecule has 0 spiro atoms. The zero-order valence-corrected chi connectivity index (χ0v) is 14.3. The van der Waals surface area contributed by atoms with Crippen LogP contribution in [0.5, 0.6) is 0 Å². The standard InChI is InChI=1S/C16H19FN4O5/c1-25-7-6-20-15(14(17)19-4-8-26-9-5-19)18-13-3-2-11(21(23)24)10-12(13)16(20)22/h2-3,10,14H,4-9H2,1H3. The molecule has 140 valence electrons. The first-order valence-electron chi connectivity index (χ1n) is 8.16. The molecule has 1 aliphatic rings. The quantitative estimate of drug-likeness (QED) is 0.431. The van der Waals surface area contributed by atoms with Crippen LogP contribution in [0, 0.1) is 10.1 Å². The van der Waals surface area contributed by atoms with E-state index in [0.29, 0.717) is 26.3 Å². The molecule has 2 heterocycles. The average molecular weight is 366 g/mol. The Hall–Kier alpha value is -2.43. The Morgan fingerprint density at radius 3 is 2.81 bits per heavy atom. The Morgan fingerprint density at radius 2 is 2.15 bits per heavy atom. The average Bonchev–Trinajstić information content (AvgIpc) is 2.67. The summed E-state index contributed by atoms with van der Waals surface area (Å²) < 4.78 is 26.5. The molecule has 1 fully saturated rings. The van der Waals surface area contributed by atoms with E-state index in [1.54, 1.807) is 4.90 Å².